The van der Waals surface area contributed by atoms with Gasteiger partial charge in [-0.05, 0) is 73.9 Å². The summed E-state index contributed by atoms with van der Waals surface area (Å²) < 4.78 is 0. The van der Waals surface area contributed by atoms with Crippen LogP contribution in [-0.4, -0.2) is 40.5 Å². The molecule has 2 aliphatic rings. The fraction of sp³-hybridized carbons (Fsp3) is 0.444. The van der Waals surface area contributed by atoms with Crippen LogP contribution in [0.3, 0.4) is 0 Å². The number of hydrogen-bond acceptors (Lipinski definition) is 4. The number of aliphatic hydroxyl groups is 1. The number of amides is 2. The van der Waals surface area contributed by atoms with Crippen LogP contribution < -0.4 is 5.32 Å². The van der Waals surface area contributed by atoms with Crippen LogP contribution >= 0.6 is 0 Å². The molecule has 0 radical (unpaired) electrons. The van der Waals surface area contributed by atoms with E-state index in [4.69, 9.17) is 5.26 Å². The minimum absolute atomic E-state index is 0.0415. The first-order valence-electron chi connectivity index (χ1n) is 11.8. The topological polar surface area (TPSA) is 93.4 Å². The van der Waals surface area contributed by atoms with Crippen LogP contribution in [-0.2, 0) is 4.79 Å². The highest BCUT2D eigenvalue weighted by Gasteiger charge is 2.37. The maximum Gasteiger partial charge on any atom is 0.256 e. The summed E-state index contributed by atoms with van der Waals surface area (Å²) >= 11 is 0. The number of nitrogens with zero attached hydrogens (tertiary/aromatic N) is 2. The Morgan fingerprint density at radius 1 is 1.06 bits per heavy atom. The number of likely N-dealkylation sites (tertiary alicyclic amines) is 1. The molecule has 2 amide bonds. The largest absolute Gasteiger partial charge is 0.380 e. The van der Waals surface area contributed by atoms with Crippen molar-refractivity contribution >= 4 is 17.5 Å². The van der Waals surface area contributed by atoms with Gasteiger partial charge in [0.15, 0.2) is 0 Å². The Morgan fingerprint density at radius 2 is 1.73 bits per heavy atom. The van der Waals surface area contributed by atoms with Gasteiger partial charge in [0.25, 0.3) is 11.8 Å². The molecule has 0 bridgehead atoms. The molecular weight excluding hydrogens is 414 g/mol. The number of anilines is 1. The minimum atomic E-state index is -1.32. The van der Waals surface area contributed by atoms with E-state index in [9.17, 15) is 14.7 Å². The fourth-order valence-electron chi connectivity index (χ4n) is 4.92. The summed E-state index contributed by atoms with van der Waals surface area (Å²) in [6.07, 6.45) is 5.44. The van der Waals surface area contributed by atoms with Gasteiger partial charge in [-0.25, -0.2) is 0 Å². The SMILES string of the molecule is Cc1ccc(C(=O)N2CCC(c3ccc(C#N)cc3)CC2)cc1NC(=O)C1(O)CCCCC1. The third-order valence-corrected chi connectivity index (χ3v) is 7.13. The van der Waals surface area contributed by atoms with Gasteiger partial charge in [-0.1, -0.05) is 37.5 Å². The molecule has 6 heteroatoms. The first-order chi connectivity index (χ1) is 15.9. The molecule has 2 aromatic rings. The van der Waals surface area contributed by atoms with Gasteiger partial charge < -0.3 is 15.3 Å². The molecule has 0 atom stereocenters. The monoisotopic (exact) mass is 445 g/mol. The molecule has 1 aliphatic carbocycles. The number of carbonyl (C=O) groups is 2. The Bertz CT molecular complexity index is 1060. The van der Waals surface area contributed by atoms with Crippen molar-refractivity contribution in [2.24, 2.45) is 0 Å². The zero-order valence-corrected chi connectivity index (χ0v) is 19.1. The zero-order chi connectivity index (χ0) is 23.4. The number of benzene rings is 2. The quantitative estimate of drug-likeness (QED) is 0.724. The molecule has 1 aliphatic heterocycles. The molecule has 2 N–H and O–H groups in total. The minimum Gasteiger partial charge on any atom is -0.380 e. The van der Waals surface area contributed by atoms with E-state index in [0.29, 0.717) is 48.7 Å². The number of aryl methyl sites for hydroxylation is 1. The Hall–Kier alpha value is -3.17. The highest BCUT2D eigenvalue weighted by atomic mass is 16.3. The van der Waals surface area contributed by atoms with Gasteiger partial charge in [-0.2, -0.15) is 5.26 Å². The van der Waals surface area contributed by atoms with Gasteiger partial charge in [-0.15, -0.1) is 0 Å². The molecule has 0 unspecified atom stereocenters. The maximum atomic E-state index is 13.2. The van der Waals surface area contributed by atoms with Gasteiger partial charge in [0.1, 0.15) is 5.60 Å². The van der Waals surface area contributed by atoms with E-state index in [1.807, 2.05) is 42.2 Å². The van der Waals surface area contributed by atoms with Crippen molar-refractivity contribution < 1.29 is 14.7 Å². The highest BCUT2D eigenvalue weighted by molar-refractivity contribution is 6.00. The summed E-state index contributed by atoms with van der Waals surface area (Å²) in [6.45, 7) is 3.22. The van der Waals surface area contributed by atoms with Gasteiger partial charge in [-0.3, -0.25) is 9.59 Å². The van der Waals surface area contributed by atoms with Crippen LogP contribution in [0.4, 0.5) is 5.69 Å². The second-order valence-electron chi connectivity index (χ2n) is 9.38. The highest BCUT2D eigenvalue weighted by Crippen LogP contribution is 2.31. The van der Waals surface area contributed by atoms with E-state index in [-0.39, 0.29) is 11.8 Å². The van der Waals surface area contributed by atoms with E-state index >= 15 is 0 Å². The van der Waals surface area contributed by atoms with Gasteiger partial charge in [0.05, 0.1) is 11.6 Å². The van der Waals surface area contributed by atoms with E-state index in [1.54, 1.807) is 12.1 Å². The van der Waals surface area contributed by atoms with Crippen molar-refractivity contribution in [1.29, 1.82) is 5.26 Å². The van der Waals surface area contributed by atoms with Crippen LogP contribution in [0.1, 0.15) is 77.9 Å². The molecule has 0 spiro atoms. The number of hydrogen-bond donors (Lipinski definition) is 2. The van der Waals surface area contributed by atoms with Gasteiger partial charge in [0, 0.05) is 24.3 Å². The first-order valence-corrected chi connectivity index (χ1v) is 11.8. The molecular formula is C27H31N3O3. The normalized spacial score (nSPS) is 18.4. The third-order valence-electron chi connectivity index (χ3n) is 7.13. The maximum absolute atomic E-state index is 13.2. The lowest BCUT2D eigenvalue weighted by Crippen LogP contribution is -2.44. The number of piperidine rings is 1. The zero-order valence-electron chi connectivity index (χ0n) is 19.1. The van der Waals surface area contributed by atoms with Crippen molar-refractivity contribution in [2.75, 3.05) is 18.4 Å². The summed E-state index contributed by atoms with van der Waals surface area (Å²) in [7, 11) is 0. The molecule has 6 nitrogen and oxygen atoms in total. The summed E-state index contributed by atoms with van der Waals surface area (Å²) in [6, 6.07) is 15.2. The van der Waals surface area contributed by atoms with Gasteiger partial charge in [0.2, 0.25) is 0 Å². The third kappa shape index (κ3) is 5.09. The molecule has 4 rings (SSSR count). The average molecular weight is 446 g/mol. The summed E-state index contributed by atoms with van der Waals surface area (Å²) in [5, 5.41) is 22.6. The second kappa shape index (κ2) is 9.76. The number of nitriles is 1. The molecule has 2 fully saturated rings. The van der Waals surface area contributed by atoms with Gasteiger partial charge >= 0.3 is 0 Å². The first kappa shape index (κ1) is 23.0. The molecule has 172 valence electrons. The van der Waals surface area contributed by atoms with Crippen molar-refractivity contribution in [1.82, 2.24) is 4.90 Å². The smallest absolute Gasteiger partial charge is 0.256 e. The van der Waals surface area contributed by atoms with E-state index in [2.05, 4.69) is 11.4 Å². The summed E-state index contributed by atoms with van der Waals surface area (Å²) in [4.78, 5) is 27.8. The number of carbonyl (C=O) groups excluding carboxylic acids is 2. The Labute approximate surface area is 195 Å². The molecule has 1 heterocycles. The van der Waals surface area contributed by atoms with E-state index in [0.717, 1.165) is 37.7 Å². The Kier molecular flexibility index (Phi) is 6.80. The summed E-state index contributed by atoms with van der Waals surface area (Å²) in [5.41, 5.74) is 2.53. The standard InChI is InChI=1S/C27H31N3O3/c1-19-5-8-23(17-24(19)29-26(32)27(33)13-3-2-4-14-27)25(31)30-15-11-22(12-16-30)21-9-6-20(18-28)7-10-21/h5-10,17,22,33H,2-4,11-16H2,1H3,(H,29,32). The van der Waals surface area contributed by atoms with Crippen LogP contribution in [0.15, 0.2) is 42.5 Å². The lowest BCUT2D eigenvalue weighted by molar-refractivity contribution is -0.137. The predicted octanol–water partition coefficient (Wildman–Crippen LogP) is 4.52. The fourth-order valence-corrected chi connectivity index (χ4v) is 4.92. The number of nitrogens with one attached hydrogen (secondary N) is 1. The van der Waals surface area contributed by atoms with E-state index in [1.165, 1.54) is 5.56 Å². The molecule has 33 heavy (non-hydrogen) atoms. The lowest BCUT2D eigenvalue weighted by atomic mass is 9.84. The van der Waals surface area contributed by atoms with Crippen LogP contribution in [0.25, 0.3) is 0 Å². The Balaban J connectivity index is 1.40. The Morgan fingerprint density at radius 3 is 2.36 bits per heavy atom. The molecule has 2 aromatic carbocycles. The van der Waals surface area contributed by atoms with Crippen LogP contribution in [0, 0.1) is 18.3 Å². The number of rotatable bonds is 4. The van der Waals surface area contributed by atoms with Crippen LogP contribution in [0.2, 0.25) is 0 Å². The second-order valence-corrected chi connectivity index (χ2v) is 9.38. The van der Waals surface area contributed by atoms with Crippen molar-refractivity contribution in [3.8, 4) is 6.07 Å². The average Bonchev–Trinajstić information content (AvgIpc) is 2.85. The van der Waals surface area contributed by atoms with E-state index < -0.39 is 5.60 Å². The van der Waals surface area contributed by atoms with Crippen molar-refractivity contribution in [3.63, 3.8) is 0 Å². The molecule has 0 aromatic heterocycles. The molecule has 1 saturated heterocycles. The summed E-state index contributed by atoms with van der Waals surface area (Å²) in [5.74, 6) is -0.0378. The van der Waals surface area contributed by atoms with Crippen molar-refractivity contribution in [3.05, 3.63) is 64.7 Å². The molecule has 1 saturated carbocycles. The lowest BCUT2D eigenvalue weighted by Gasteiger charge is -2.32. The van der Waals surface area contributed by atoms with Crippen LogP contribution in [0.5, 0.6) is 0 Å². The predicted molar refractivity (Wildman–Crippen MR) is 127 cm³/mol. The van der Waals surface area contributed by atoms with Crippen molar-refractivity contribution in [2.45, 2.75) is 63.4 Å².